The maximum Gasteiger partial charge on any atom is 0.305 e. The second-order valence-electron chi connectivity index (χ2n) is 4.45. The number of ether oxygens (including phenoxy) is 1. The van der Waals surface area contributed by atoms with Crippen LogP contribution in [-0.2, 0) is 4.79 Å². The van der Waals surface area contributed by atoms with Crippen LogP contribution in [-0.4, -0.2) is 46.6 Å². The number of aromatic nitrogens is 1. The molecule has 2 heterocycles. The molecule has 1 fully saturated rings. The lowest BCUT2D eigenvalue weighted by atomic mass is 10.1. The van der Waals surface area contributed by atoms with Gasteiger partial charge < -0.3 is 14.7 Å². The molecular weight excluding hydrogens is 248 g/mol. The van der Waals surface area contributed by atoms with Gasteiger partial charge in [-0.2, -0.15) is 0 Å². The van der Waals surface area contributed by atoms with Crippen molar-refractivity contribution < 1.29 is 19.4 Å². The van der Waals surface area contributed by atoms with Gasteiger partial charge in [-0.1, -0.05) is 0 Å². The highest BCUT2D eigenvalue weighted by Crippen LogP contribution is 2.25. The Bertz CT molecular complexity index is 489. The van der Waals surface area contributed by atoms with E-state index in [9.17, 15) is 9.59 Å². The number of carbonyl (C=O) groups is 2. The number of pyridine rings is 1. The van der Waals surface area contributed by atoms with Crippen molar-refractivity contribution in [1.82, 2.24) is 9.88 Å². The van der Waals surface area contributed by atoms with E-state index < -0.39 is 5.97 Å². The first-order chi connectivity index (χ1) is 9.13. The van der Waals surface area contributed by atoms with Crippen molar-refractivity contribution >= 4 is 11.9 Å². The number of aliphatic carboxylic acids is 1. The normalized spacial score (nSPS) is 18.4. The molecule has 1 amide bonds. The first kappa shape index (κ1) is 13.3. The van der Waals surface area contributed by atoms with E-state index in [1.54, 1.807) is 23.2 Å². The molecule has 6 heteroatoms. The first-order valence-electron chi connectivity index (χ1n) is 6.15. The second kappa shape index (κ2) is 5.69. The standard InChI is InChI=1S/C13H16N2O4/c1-19-12-10(5-2-6-14-12)13(18)15-7-3-4-9(15)8-11(16)17/h2,5-6,9H,3-4,7-8H2,1H3,(H,16,17). The molecule has 0 spiro atoms. The van der Waals surface area contributed by atoms with Crippen molar-refractivity contribution in [1.29, 1.82) is 0 Å². The van der Waals surface area contributed by atoms with Crippen LogP contribution in [0.2, 0.25) is 0 Å². The zero-order chi connectivity index (χ0) is 13.8. The van der Waals surface area contributed by atoms with Crippen molar-refractivity contribution in [3.05, 3.63) is 23.9 Å². The summed E-state index contributed by atoms with van der Waals surface area (Å²) in [5.74, 6) is -0.829. The molecule has 102 valence electrons. The van der Waals surface area contributed by atoms with E-state index in [0.717, 1.165) is 12.8 Å². The van der Waals surface area contributed by atoms with Crippen LogP contribution in [0.15, 0.2) is 18.3 Å². The summed E-state index contributed by atoms with van der Waals surface area (Å²) in [5.41, 5.74) is 0.377. The number of carboxylic acids is 1. The predicted molar refractivity (Wildman–Crippen MR) is 67.1 cm³/mol. The van der Waals surface area contributed by atoms with E-state index in [4.69, 9.17) is 9.84 Å². The molecular formula is C13H16N2O4. The number of carboxylic acid groups (broad SMARTS) is 1. The Labute approximate surface area is 111 Å². The lowest BCUT2D eigenvalue weighted by molar-refractivity contribution is -0.137. The van der Waals surface area contributed by atoms with Crippen LogP contribution in [0.5, 0.6) is 5.88 Å². The van der Waals surface area contributed by atoms with Crippen molar-refractivity contribution in [2.45, 2.75) is 25.3 Å². The van der Waals surface area contributed by atoms with Crippen molar-refractivity contribution in [3.63, 3.8) is 0 Å². The Balaban J connectivity index is 2.20. The summed E-state index contributed by atoms with van der Waals surface area (Å²) in [4.78, 5) is 28.8. The fourth-order valence-corrected chi connectivity index (χ4v) is 2.39. The molecule has 6 nitrogen and oxygen atoms in total. The average molecular weight is 264 g/mol. The van der Waals surface area contributed by atoms with E-state index in [1.165, 1.54) is 7.11 Å². The van der Waals surface area contributed by atoms with Crippen LogP contribution in [0.25, 0.3) is 0 Å². The summed E-state index contributed by atoms with van der Waals surface area (Å²) in [6.07, 6.45) is 3.08. The van der Waals surface area contributed by atoms with E-state index in [1.807, 2.05) is 0 Å². The van der Waals surface area contributed by atoms with Crippen LogP contribution in [0.3, 0.4) is 0 Å². The molecule has 1 N–H and O–H groups in total. The Hall–Kier alpha value is -2.11. The maximum absolute atomic E-state index is 12.4. The minimum atomic E-state index is -0.886. The third-order valence-electron chi connectivity index (χ3n) is 3.24. The average Bonchev–Trinajstić information content (AvgIpc) is 2.85. The molecule has 1 saturated heterocycles. The number of methoxy groups -OCH3 is 1. The third-order valence-corrected chi connectivity index (χ3v) is 3.24. The van der Waals surface area contributed by atoms with E-state index >= 15 is 0 Å². The van der Waals surface area contributed by atoms with Crippen molar-refractivity contribution in [2.24, 2.45) is 0 Å². The monoisotopic (exact) mass is 264 g/mol. The van der Waals surface area contributed by atoms with Crippen LogP contribution in [0, 0.1) is 0 Å². The summed E-state index contributed by atoms with van der Waals surface area (Å²) in [7, 11) is 1.46. The predicted octanol–water partition coefficient (Wildman–Crippen LogP) is 1.17. The van der Waals surface area contributed by atoms with Gasteiger partial charge in [-0.3, -0.25) is 9.59 Å². The van der Waals surface area contributed by atoms with Gasteiger partial charge in [0.05, 0.1) is 13.5 Å². The topological polar surface area (TPSA) is 79.7 Å². The molecule has 1 aliphatic rings. The highest BCUT2D eigenvalue weighted by Gasteiger charge is 2.32. The number of likely N-dealkylation sites (tertiary alicyclic amines) is 1. The number of rotatable bonds is 4. The van der Waals surface area contributed by atoms with Gasteiger partial charge >= 0.3 is 5.97 Å². The molecule has 1 atom stereocenters. The number of hydrogen-bond donors (Lipinski definition) is 1. The molecule has 0 aromatic carbocycles. The van der Waals surface area contributed by atoms with Crippen LogP contribution in [0.4, 0.5) is 0 Å². The molecule has 0 saturated carbocycles. The lowest BCUT2D eigenvalue weighted by Gasteiger charge is -2.23. The summed E-state index contributed by atoms with van der Waals surface area (Å²) >= 11 is 0. The number of hydrogen-bond acceptors (Lipinski definition) is 4. The molecule has 2 rings (SSSR count). The minimum Gasteiger partial charge on any atom is -0.481 e. The molecule has 1 aromatic rings. The largest absolute Gasteiger partial charge is 0.481 e. The highest BCUT2D eigenvalue weighted by molar-refractivity contribution is 5.96. The van der Waals surface area contributed by atoms with Crippen LogP contribution >= 0.6 is 0 Å². The molecule has 1 aliphatic heterocycles. The molecule has 0 aliphatic carbocycles. The Morgan fingerprint density at radius 2 is 2.37 bits per heavy atom. The molecule has 1 aromatic heterocycles. The summed E-state index contributed by atoms with van der Waals surface area (Å²) in [5, 5.41) is 8.87. The van der Waals surface area contributed by atoms with E-state index in [0.29, 0.717) is 12.1 Å². The lowest BCUT2D eigenvalue weighted by Crippen LogP contribution is -2.37. The van der Waals surface area contributed by atoms with Gasteiger partial charge in [0.15, 0.2) is 0 Å². The van der Waals surface area contributed by atoms with E-state index in [-0.39, 0.29) is 24.2 Å². The molecule has 19 heavy (non-hydrogen) atoms. The Kier molecular flexibility index (Phi) is 3.99. The van der Waals surface area contributed by atoms with E-state index in [2.05, 4.69) is 4.98 Å². The van der Waals surface area contributed by atoms with Gasteiger partial charge in [0, 0.05) is 18.8 Å². The minimum absolute atomic E-state index is 0.0195. The SMILES string of the molecule is COc1ncccc1C(=O)N1CCCC1CC(=O)O. The number of amides is 1. The van der Waals surface area contributed by atoms with Crippen LogP contribution in [0.1, 0.15) is 29.6 Å². The zero-order valence-electron chi connectivity index (χ0n) is 10.7. The Morgan fingerprint density at radius 1 is 1.58 bits per heavy atom. The summed E-state index contributed by atoms with van der Waals surface area (Å²) in [6, 6.07) is 3.07. The van der Waals surface area contributed by atoms with Gasteiger partial charge in [0.1, 0.15) is 5.56 Å². The van der Waals surface area contributed by atoms with Gasteiger partial charge in [-0.15, -0.1) is 0 Å². The van der Waals surface area contributed by atoms with Crippen LogP contribution < -0.4 is 4.74 Å². The molecule has 1 unspecified atom stereocenters. The maximum atomic E-state index is 12.4. The number of carbonyl (C=O) groups excluding carboxylic acids is 1. The first-order valence-corrected chi connectivity index (χ1v) is 6.15. The second-order valence-corrected chi connectivity index (χ2v) is 4.45. The summed E-state index contributed by atoms with van der Waals surface area (Å²) < 4.78 is 5.07. The molecule has 0 bridgehead atoms. The Morgan fingerprint density at radius 3 is 3.05 bits per heavy atom. The fourth-order valence-electron chi connectivity index (χ4n) is 2.39. The fraction of sp³-hybridized carbons (Fsp3) is 0.462. The smallest absolute Gasteiger partial charge is 0.305 e. The van der Waals surface area contributed by atoms with Gasteiger partial charge in [-0.05, 0) is 25.0 Å². The zero-order valence-corrected chi connectivity index (χ0v) is 10.7. The van der Waals surface area contributed by atoms with Gasteiger partial charge in [0.25, 0.3) is 5.91 Å². The van der Waals surface area contributed by atoms with Gasteiger partial charge in [0.2, 0.25) is 5.88 Å². The van der Waals surface area contributed by atoms with Crippen molar-refractivity contribution in [3.8, 4) is 5.88 Å². The summed E-state index contributed by atoms with van der Waals surface area (Å²) in [6.45, 7) is 0.578. The van der Waals surface area contributed by atoms with Crippen molar-refractivity contribution in [2.75, 3.05) is 13.7 Å². The quantitative estimate of drug-likeness (QED) is 0.883. The number of nitrogens with zero attached hydrogens (tertiary/aromatic N) is 2. The molecule has 0 radical (unpaired) electrons. The highest BCUT2D eigenvalue weighted by atomic mass is 16.5. The third kappa shape index (κ3) is 2.83. The van der Waals surface area contributed by atoms with Gasteiger partial charge in [-0.25, -0.2) is 4.98 Å².